The predicted octanol–water partition coefficient (Wildman–Crippen LogP) is 2.06. The van der Waals surface area contributed by atoms with Crippen LogP contribution in [-0.4, -0.2) is 16.9 Å². The van der Waals surface area contributed by atoms with Gasteiger partial charge in [-0.1, -0.05) is 30.1 Å². The van der Waals surface area contributed by atoms with Crippen molar-refractivity contribution in [1.82, 2.24) is 4.98 Å². The van der Waals surface area contributed by atoms with Crippen molar-refractivity contribution >= 4 is 34.8 Å². The molecule has 82 valence electrons. The highest BCUT2D eigenvalue weighted by Crippen LogP contribution is 2.21. The first-order chi connectivity index (χ1) is 7.04. The van der Waals surface area contributed by atoms with E-state index in [0.717, 1.165) is 0 Å². The van der Waals surface area contributed by atoms with Gasteiger partial charge in [0.1, 0.15) is 5.15 Å². The number of nitrogens with one attached hydrogen (secondary N) is 1. The lowest BCUT2D eigenvalue weighted by atomic mass is 10.2. The van der Waals surface area contributed by atoms with Crippen LogP contribution in [0.15, 0.2) is 12.1 Å². The van der Waals surface area contributed by atoms with Gasteiger partial charge in [-0.05, 0) is 18.6 Å². The molecular weight excluding hydrogens is 237 g/mol. The Bertz CT molecular complexity index is 370. The minimum absolute atomic E-state index is 0.152. The van der Waals surface area contributed by atoms with Gasteiger partial charge in [-0.25, -0.2) is 4.98 Å². The minimum atomic E-state index is -0.545. The molecule has 0 aromatic carbocycles. The highest BCUT2D eigenvalue weighted by atomic mass is 35.5. The van der Waals surface area contributed by atoms with Crippen molar-refractivity contribution < 1.29 is 4.79 Å². The Balaban J connectivity index is 2.77. The summed E-state index contributed by atoms with van der Waals surface area (Å²) in [6.45, 7) is 1.83. The Hall–Kier alpha value is -0.840. The monoisotopic (exact) mass is 247 g/mol. The van der Waals surface area contributed by atoms with Crippen LogP contribution in [0.25, 0.3) is 0 Å². The third-order valence-electron chi connectivity index (χ3n) is 1.85. The molecule has 1 atom stereocenters. The molecule has 15 heavy (non-hydrogen) atoms. The zero-order chi connectivity index (χ0) is 11.4. The fraction of sp³-hybridized carbons (Fsp3) is 0.333. The van der Waals surface area contributed by atoms with Gasteiger partial charge in [0.25, 0.3) is 0 Å². The lowest BCUT2D eigenvalue weighted by Crippen LogP contribution is -2.34. The van der Waals surface area contributed by atoms with E-state index in [1.807, 2.05) is 6.92 Å². The molecule has 0 aliphatic heterocycles. The number of hydrogen-bond donors (Lipinski definition) is 2. The van der Waals surface area contributed by atoms with Crippen molar-refractivity contribution in [2.75, 3.05) is 5.32 Å². The van der Waals surface area contributed by atoms with E-state index in [9.17, 15) is 4.79 Å². The Morgan fingerprint density at radius 1 is 1.60 bits per heavy atom. The van der Waals surface area contributed by atoms with Crippen molar-refractivity contribution in [2.24, 2.45) is 5.73 Å². The summed E-state index contributed by atoms with van der Waals surface area (Å²) in [5.41, 5.74) is 5.95. The van der Waals surface area contributed by atoms with Crippen LogP contribution in [0.5, 0.6) is 0 Å². The second-order valence-electron chi connectivity index (χ2n) is 2.98. The SMILES string of the molecule is CC[C@@H](N)C(=O)Nc1ccc(Cl)nc1Cl. The van der Waals surface area contributed by atoms with Crippen molar-refractivity contribution in [2.45, 2.75) is 19.4 Å². The first-order valence-electron chi connectivity index (χ1n) is 4.43. The molecule has 1 aromatic heterocycles. The van der Waals surface area contributed by atoms with Crippen molar-refractivity contribution in [1.29, 1.82) is 0 Å². The van der Waals surface area contributed by atoms with E-state index in [0.29, 0.717) is 12.1 Å². The molecule has 0 saturated heterocycles. The summed E-state index contributed by atoms with van der Waals surface area (Å²) >= 11 is 11.4. The van der Waals surface area contributed by atoms with Crippen LogP contribution in [0.1, 0.15) is 13.3 Å². The molecule has 0 aliphatic rings. The van der Waals surface area contributed by atoms with Crippen LogP contribution >= 0.6 is 23.2 Å². The van der Waals surface area contributed by atoms with Gasteiger partial charge in [-0.15, -0.1) is 0 Å². The number of pyridine rings is 1. The maximum atomic E-state index is 11.4. The number of nitrogens with two attached hydrogens (primary N) is 1. The smallest absolute Gasteiger partial charge is 0.241 e. The molecule has 1 aromatic rings. The summed E-state index contributed by atoms with van der Waals surface area (Å²) in [5, 5.41) is 3.00. The summed E-state index contributed by atoms with van der Waals surface area (Å²) in [5.74, 6) is -0.288. The molecule has 0 unspecified atom stereocenters. The van der Waals surface area contributed by atoms with Gasteiger partial charge in [0.2, 0.25) is 5.91 Å². The molecule has 1 amide bonds. The quantitative estimate of drug-likeness (QED) is 0.804. The summed E-state index contributed by atoms with van der Waals surface area (Å²) in [4.78, 5) is 15.2. The van der Waals surface area contributed by atoms with Crippen LogP contribution in [0, 0.1) is 0 Å². The molecule has 0 saturated carbocycles. The highest BCUT2D eigenvalue weighted by Gasteiger charge is 2.13. The van der Waals surface area contributed by atoms with Crippen LogP contribution < -0.4 is 11.1 Å². The van der Waals surface area contributed by atoms with Crippen molar-refractivity contribution in [3.8, 4) is 0 Å². The zero-order valence-electron chi connectivity index (χ0n) is 8.13. The lowest BCUT2D eigenvalue weighted by molar-refractivity contribution is -0.117. The summed E-state index contributed by atoms with van der Waals surface area (Å²) in [6, 6.07) is 2.58. The summed E-state index contributed by atoms with van der Waals surface area (Å²) in [6.07, 6.45) is 0.560. The third-order valence-corrected chi connectivity index (χ3v) is 2.35. The summed E-state index contributed by atoms with van der Waals surface area (Å²) in [7, 11) is 0. The lowest BCUT2D eigenvalue weighted by Gasteiger charge is -2.10. The normalized spacial score (nSPS) is 12.3. The highest BCUT2D eigenvalue weighted by molar-refractivity contribution is 6.34. The van der Waals surface area contributed by atoms with Crippen LogP contribution in [0.3, 0.4) is 0 Å². The van der Waals surface area contributed by atoms with E-state index < -0.39 is 6.04 Å². The molecular formula is C9H11Cl2N3O. The van der Waals surface area contributed by atoms with E-state index >= 15 is 0 Å². The first-order valence-corrected chi connectivity index (χ1v) is 5.18. The first kappa shape index (κ1) is 12.2. The summed E-state index contributed by atoms with van der Waals surface area (Å²) < 4.78 is 0. The van der Waals surface area contributed by atoms with E-state index in [4.69, 9.17) is 28.9 Å². The largest absolute Gasteiger partial charge is 0.322 e. The van der Waals surface area contributed by atoms with Gasteiger partial charge in [-0.3, -0.25) is 4.79 Å². The average Bonchev–Trinajstić information content (AvgIpc) is 2.20. The Labute approximate surface area is 97.8 Å². The van der Waals surface area contributed by atoms with E-state index in [2.05, 4.69) is 10.3 Å². The molecule has 0 fully saturated rings. The number of anilines is 1. The van der Waals surface area contributed by atoms with Gasteiger partial charge in [0, 0.05) is 0 Å². The number of nitrogens with zero attached hydrogens (tertiary/aromatic N) is 1. The van der Waals surface area contributed by atoms with Gasteiger partial charge in [0.05, 0.1) is 11.7 Å². The Kier molecular flexibility index (Phi) is 4.32. The Morgan fingerprint density at radius 2 is 2.27 bits per heavy atom. The molecule has 4 nitrogen and oxygen atoms in total. The number of rotatable bonds is 3. The molecule has 0 aliphatic carbocycles. The molecule has 1 heterocycles. The molecule has 0 bridgehead atoms. The third kappa shape index (κ3) is 3.34. The standard InChI is InChI=1S/C9H11Cl2N3O/c1-2-5(12)9(15)13-6-3-4-7(10)14-8(6)11/h3-5H,2,12H2,1H3,(H,13,15)/t5-/m1/s1. The van der Waals surface area contributed by atoms with E-state index in [1.165, 1.54) is 0 Å². The fourth-order valence-corrected chi connectivity index (χ4v) is 1.31. The van der Waals surface area contributed by atoms with Gasteiger partial charge in [0.15, 0.2) is 5.15 Å². The van der Waals surface area contributed by atoms with Gasteiger partial charge < -0.3 is 11.1 Å². The Morgan fingerprint density at radius 3 is 2.80 bits per heavy atom. The number of carbonyl (C=O) groups excluding carboxylic acids is 1. The number of aromatic nitrogens is 1. The molecule has 1 rings (SSSR count). The van der Waals surface area contributed by atoms with E-state index in [-0.39, 0.29) is 16.2 Å². The molecule has 6 heteroatoms. The van der Waals surface area contributed by atoms with Crippen molar-refractivity contribution in [3.05, 3.63) is 22.4 Å². The van der Waals surface area contributed by atoms with E-state index in [1.54, 1.807) is 12.1 Å². The second-order valence-corrected chi connectivity index (χ2v) is 3.72. The molecule has 3 N–H and O–H groups in total. The van der Waals surface area contributed by atoms with Crippen LogP contribution in [-0.2, 0) is 4.79 Å². The maximum absolute atomic E-state index is 11.4. The van der Waals surface area contributed by atoms with Gasteiger partial charge in [-0.2, -0.15) is 0 Å². The predicted molar refractivity (Wildman–Crippen MR) is 61.2 cm³/mol. The van der Waals surface area contributed by atoms with Crippen LogP contribution in [0.4, 0.5) is 5.69 Å². The van der Waals surface area contributed by atoms with Gasteiger partial charge >= 0.3 is 0 Å². The minimum Gasteiger partial charge on any atom is -0.322 e. The van der Waals surface area contributed by atoms with Crippen LogP contribution in [0.2, 0.25) is 10.3 Å². The number of halogens is 2. The van der Waals surface area contributed by atoms with Crippen molar-refractivity contribution in [3.63, 3.8) is 0 Å². The average molecular weight is 248 g/mol. The zero-order valence-corrected chi connectivity index (χ0v) is 9.64. The fourth-order valence-electron chi connectivity index (χ4n) is 0.916. The molecule has 0 spiro atoms. The maximum Gasteiger partial charge on any atom is 0.241 e. The number of carbonyl (C=O) groups is 1. The number of hydrogen-bond acceptors (Lipinski definition) is 3. The number of amides is 1. The molecule has 0 radical (unpaired) electrons. The topological polar surface area (TPSA) is 68.0 Å². The second kappa shape index (κ2) is 5.30.